The molecule has 1 heterocycles. The molecule has 0 unspecified atom stereocenters. The molecule has 0 bridgehead atoms. The quantitative estimate of drug-likeness (QED) is 0.605. The zero-order valence-corrected chi connectivity index (χ0v) is 10.4. The maximum absolute atomic E-state index is 11.6. The minimum Gasteiger partial charge on any atom is -0.461 e. The second kappa shape index (κ2) is 4.61. The average molecular weight is 252 g/mol. The summed E-state index contributed by atoms with van der Waals surface area (Å²) in [5.41, 5.74) is 2.50. The topological polar surface area (TPSA) is 35.5 Å². The molecular weight excluding hydrogens is 240 g/mol. The number of carbonyl (C=O) groups is 1. The Kier molecular flexibility index (Phi) is 2.80. The molecule has 3 rings (SSSR count). The van der Waals surface area contributed by atoms with E-state index in [1.807, 2.05) is 49.4 Å². The van der Waals surface area contributed by atoms with Gasteiger partial charge in [-0.15, -0.1) is 0 Å². The number of fused-ring (bicyclic) bond motifs is 1. The van der Waals surface area contributed by atoms with E-state index in [1.165, 1.54) is 6.26 Å². The lowest BCUT2D eigenvalue weighted by atomic mass is 10.1. The summed E-state index contributed by atoms with van der Waals surface area (Å²) < 4.78 is 10.7. The molecule has 0 fully saturated rings. The van der Waals surface area contributed by atoms with E-state index in [2.05, 4.69) is 0 Å². The van der Waals surface area contributed by atoms with Crippen molar-refractivity contribution >= 4 is 11.7 Å². The Labute approximate surface area is 111 Å². The Morgan fingerprint density at radius 2 is 1.68 bits per heavy atom. The highest BCUT2D eigenvalue weighted by atomic mass is 16.6. The van der Waals surface area contributed by atoms with Crippen molar-refractivity contribution in [3.8, 4) is 5.75 Å². The molecule has 0 N–H and O–H groups in total. The van der Waals surface area contributed by atoms with Crippen molar-refractivity contribution < 1.29 is 14.3 Å². The van der Waals surface area contributed by atoms with Crippen molar-refractivity contribution in [2.75, 3.05) is 0 Å². The SMILES string of the molecule is Cc1ccc(OC=C2OC(=O)c3ccccc32)cc1. The smallest absolute Gasteiger partial charge is 0.344 e. The first kappa shape index (κ1) is 11.5. The molecular formula is C16H12O3. The van der Waals surface area contributed by atoms with Gasteiger partial charge < -0.3 is 9.47 Å². The van der Waals surface area contributed by atoms with E-state index < -0.39 is 0 Å². The summed E-state index contributed by atoms with van der Waals surface area (Å²) in [6.07, 6.45) is 1.47. The Morgan fingerprint density at radius 1 is 1.00 bits per heavy atom. The van der Waals surface area contributed by atoms with Crippen LogP contribution in [-0.2, 0) is 4.74 Å². The molecule has 1 aliphatic rings. The van der Waals surface area contributed by atoms with Crippen molar-refractivity contribution in [2.24, 2.45) is 0 Å². The van der Waals surface area contributed by atoms with Crippen LogP contribution in [0.2, 0.25) is 0 Å². The van der Waals surface area contributed by atoms with Crippen LogP contribution in [0, 0.1) is 6.92 Å². The van der Waals surface area contributed by atoms with Crippen molar-refractivity contribution in [2.45, 2.75) is 6.92 Å². The fourth-order valence-corrected chi connectivity index (χ4v) is 1.91. The van der Waals surface area contributed by atoms with E-state index in [0.29, 0.717) is 17.1 Å². The first-order valence-electron chi connectivity index (χ1n) is 5.99. The molecule has 0 atom stereocenters. The minimum absolute atomic E-state index is 0.339. The molecule has 0 radical (unpaired) electrons. The van der Waals surface area contributed by atoms with Crippen LogP contribution in [0.3, 0.4) is 0 Å². The summed E-state index contributed by atoms with van der Waals surface area (Å²) in [5.74, 6) is 0.814. The van der Waals surface area contributed by atoms with E-state index in [0.717, 1.165) is 11.1 Å². The average Bonchev–Trinajstić information content (AvgIpc) is 2.76. The predicted octanol–water partition coefficient (Wildman–Crippen LogP) is 3.54. The van der Waals surface area contributed by atoms with Gasteiger partial charge in [-0.05, 0) is 25.1 Å². The largest absolute Gasteiger partial charge is 0.461 e. The summed E-state index contributed by atoms with van der Waals surface area (Å²) in [6.45, 7) is 2.01. The van der Waals surface area contributed by atoms with Crippen LogP contribution in [0.4, 0.5) is 0 Å². The third kappa shape index (κ3) is 2.22. The number of aryl methyl sites for hydroxylation is 1. The zero-order chi connectivity index (χ0) is 13.2. The Bertz CT molecular complexity index is 654. The van der Waals surface area contributed by atoms with Gasteiger partial charge in [-0.1, -0.05) is 35.9 Å². The first-order valence-corrected chi connectivity index (χ1v) is 5.99. The monoisotopic (exact) mass is 252 g/mol. The number of hydrogen-bond acceptors (Lipinski definition) is 3. The standard InChI is InChI=1S/C16H12O3/c1-11-6-8-12(9-7-11)18-10-15-13-4-2-3-5-14(13)16(17)19-15/h2-10H,1H3. The highest BCUT2D eigenvalue weighted by Gasteiger charge is 2.25. The van der Waals surface area contributed by atoms with Gasteiger partial charge in [0.25, 0.3) is 0 Å². The molecule has 1 aliphatic heterocycles. The van der Waals surface area contributed by atoms with Crippen LogP contribution in [0.15, 0.2) is 54.8 Å². The molecule has 19 heavy (non-hydrogen) atoms. The first-order chi connectivity index (χ1) is 9.24. The predicted molar refractivity (Wildman–Crippen MR) is 71.6 cm³/mol. The third-order valence-corrected chi connectivity index (χ3v) is 2.94. The highest BCUT2D eigenvalue weighted by molar-refractivity contribution is 6.02. The number of hydrogen-bond donors (Lipinski definition) is 0. The Balaban J connectivity index is 1.86. The molecule has 0 spiro atoms. The fourth-order valence-electron chi connectivity index (χ4n) is 1.91. The van der Waals surface area contributed by atoms with Gasteiger partial charge in [0.1, 0.15) is 12.0 Å². The van der Waals surface area contributed by atoms with Crippen LogP contribution in [-0.4, -0.2) is 5.97 Å². The van der Waals surface area contributed by atoms with E-state index in [4.69, 9.17) is 9.47 Å². The Morgan fingerprint density at radius 3 is 2.42 bits per heavy atom. The maximum Gasteiger partial charge on any atom is 0.344 e. The summed E-state index contributed by atoms with van der Waals surface area (Å²) in [5, 5.41) is 0. The molecule has 0 amide bonds. The second-order valence-corrected chi connectivity index (χ2v) is 4.35. The third-order valence-electron chi connectivity index (χ3n) is 2.94. The highest BCUT2D eigenvalue weighted by Crippen LogP contribution is 2.29. The minimum atomic E-state index is -0.339. The van der Waals surface area contributed by atoms with Crippen molar-refractivity contribution in [1.29, 1.82) is 0 Å². The maximum atomic E-state index is 11.6. The van der Waals surface area contributed by atoms with Crippen molar-refractivity contribution in [3.05, 3.63) is 71.5 Å². The van der Waals surface area contributed by atoms with E-state index in [1.54, 1.807) is 6.07 Å². The second-order valence-electron chi connectivity index (χ2n) is 4.35. The normalized spacial score (nSPS) is 15.2. The lowest BCUT2D eigenvalue weighted by Crippen LogP contribution is -1.92. The number of carbonyl (C=O) groups excluding carboxylic acids is 1. The molecule has 2 aromatic rings. The van der Waals surface area contributed by atoms with Crippen molar-refractivity contribution in [1.82, 2.24) is 0 Å². The van der Waals surface area contributed by atoms with Gasteiger partial charge in [-0.3, -0.25) is 0 Å². The summed E-state index contributed by atoms with van der Waals surface area (Å²) in [7, 11) is 0. The summed E-state index contributed by atoms with van der Waals surface area (Å²) >= 11 is 0. The van der Waals surface area contributed by atoms with Crippen LogP contribution in [0.5, 0.6) is 5.75 Å². The molecule has 0 saturated carbocycles. The van der Waals surface area contributed by atoms with Gasteiger partial charge in [0, 0.05) is 5.56 Å². The van der Waals surface area contributed by atoms with Gasteiger partial charge in [-0.25, -0.2) is 4.79 Å². The number of esters is 1. The van der Waals surface area contributed by atoms with Crippen LogP contribution in [0.1, 0.15) is 21.5 Å². The fraction of sp³-hybridized carbons (Fsp3) is 0.0625. The molecule has 0 saturated heterocycles. The number of rotatable bonds is 2. The van der Waals surface area contributed by atoms with Crippen LogP contribution in [0.25, 0.3) is 5.76 Å². The molecule has 3 nitrogen and oxygen atoms in total. The summed E-state index contributed by atoms with van der Waals surface area (Å²) in [4.78, 5) is 11.6. The van der Waals surface area contributed by atoms with Gasteiger partial charge in [0.2, 0.25) is 0 Å². The van der Waals surface area contributed by atoms with Gasteiger partial charge >= 0.3 is 5.97 Å². The number of cyclic esters (lactones) is 1. The number of benzene rings is 2. The summed E-state index contributed by atoms with van der Waals surface area (Å²) in [6, 6.07) is 14.9. The van der Waals surface area contributed by atoms with Crippen molar-refractivity contribution in [3.63, 3.8) is 0 Å². The molecule has 2 aromatic carbocycles. The molecule has 0 aliphatic carbocycles. The molecule has 3 heteroatoms. The zero-order valence-electron chi connectivity index (χ0n) is 10.4. The Hall–Kier alpha value is -2.55. The van der Waals surface area contributed by atoms with Gasteiger partial charge in [-0.2, -0.15) is 0 Å². The lowest BCUT2D eigenvalue weighted by molar-refractivity contribution is 0.0712. The van der Waals surface area contributed by atoms with Crippen LogP contribution < -0.4 is 4.74 Å². The van der Waals surface area contributed by atoms with E-state index >= 15 is 0 Å². The van der Waals surface area contributed by atoms with E-state index in [-0.39, 0.29) is 5.97 Å². The lowest BCUT2D eigenvalue weighted by Gasteiger charge is -2.02. The number of ether oxygens (including phenoxy) is 2. The van der Waals surface area contributed by atoms with Gasteiger partial charge in [0.05, 0.1) is 5.56 Å². The van der Waals surface area contributed by atoms with E-state index in [9.17, 15) is 4.79 Å². The molecule has 94 valence electrons. The molecule has 0 aromatic heterocycles. The van der Waals surface area contributed by atoms with Gasteiger partial charge in [0.15, 0.2) is 5.76 Å². The van der Waals surface area contributed by atoms with Crippen LogP contribution >= 0.6 is 0 Å².